The molecule has 0 spiro atoms. The van der Waals surface area contributed by atoms with Crippen LogP contribution in [0.2, 0.25) is 0 Å². The van der Waals surface area contributed by atoms with E-state index in [4.69, 9.17) is 10.5 Å². The van der Waals surface area contributed by atoms with E-state index in [2.05, 4.69) is 5.32 Å². The fraction of sp³-hybridized carbons (Fsp3) is 0.417. The molecule has 0 saturated carbocycles. The number of nitrogens with one attached hydrogen (secondary N) is 1. The number of carbonyl (C=O) groups is 1. The number of carbonyl (C=O) groups excluding carboxylic acids is 1. The Morgan fingerprint density at radius 1 is 1.50 bits per heavy atom. The molecular weight excluding hydrogens is 204 g/mol. The molecule has 1 rings (SSSR count). The number of ether oxygens (including phenoxy) is 1. The summed E-state index contributed by atoms with van der Waals surface area (Å²) in [5.74, 6) is 0.244. The molecule has 0 fully saturated rings. The quantitative estimate of drug-likeness (QED) is 0.756. The molecule has 0 bridgehead atoms. The third-order valence-electron chi connectivity index (χ3n) is 2.24. The zero-order chi connectivity index (χ0) is 12.0. The fourth-order valence-electron chi connectivity index (χ4n) is 1.27. The maximum absolute atomic E-state index is 10.9. The first kappa shape index (κ1) is 12.5. The summed E-state index contributed by atoms with van der Waals surface area (Å²) in [5.41, 5.74) is 6.18. The second-order valence-electron chi connectivity index (χ2n) is 3.55. The second-order valence-corrected chi connectivity index (χ2v) is 3.55. The fourth-order valence-corrected chi connectivity index (χ4v) is 1.27. The highest BCUT2D eigenvalue weighted by atomic mass is 16.5. The van der Waals surface area contributed by atoms with Gasteiger partial charge in [0, 0.05) is 12.1 Å². The number of para-hydroxylation sites is 1. The molecule has 1 aromatic rings. The summed E-state index contributed by atoms with van der Waals surface area (Å²) in [6, 6.07) is 7.62. The molecule has 0 aliphatic heterocycles. The van der Waals surface area contributed by atoms with Gasteiger partial charge in [0.05, 0.1) is 0 Å². The Morgan fingerprint density at radius 2 is 2.19 bits per heavy atom. The van der Waals surface area contributed by atoms with Crippen molar-refractivity contribution in [2.24, 2.45) is 5.73 Å². The Labute approximate surface area is 95.8 Å². The van der Waals surface area contributed by atoms with E-state index in [0.29, 0.717) is 5.75 Å². The van der Waals surface area contributed by atoms with Gasteiger partial charge in [0.15, 0.2) is 6.10 Å². The van der Waals surface area contributed by atoms with E-state index in [0.717, 1.165) is 18.7 Å². The molecule has 88 valence electrons. The molecule has 4 heteroatoms. The molecule has 3 N–H and O–H groups in total. The van der Waals surface area contributed by atoms with Crippen LogP contribution in [0.15, 0.2) is 24.3 Å². The van der Waals surface area contributed by atoms with Crippen molar-refractivity contribution in [3.8, 4) is 5.75 Å². The Morgan fingerprint density at radius 3 is 2.81 bits per heavy atom. The van der Waals surface area contributed by atoms with Gasteiger partial charge in [-0.05, 0) is 19.5 Å². The first-order valence-corrected chi connectivity index (χ1v) is 5.39. The third kappa shape index (κ3) is 3.55. The molecule has 1 aromatic carbocycles. The predicted octanol–water partition coefficient (Wildman–Crippen LogP) is 1.05. The van der Waals surface area contributed by atoms with Crippen LogP contribution in [0.1, 0.15) is 19.4 Å². The zero-order valence-corrected chi connectivity index (χ0v) is 9.69. The molecule has 1 unspecified atom stereocenters. The third-order valence-corrected chi connectivity index (χ3v) is 2.24. The van der Waals surface area contributed by atoms with E-state index in [1.807, 2.05) is 31.2 Å². The minimum absolute atomic E-state index is 0.460. The van der Waals surface area contributed by atoms with Crippen molar-refractivity contribution in [1.82, 2.24) is 5.32 Å². The maximum Gasteiger partial charge on any atom is 0.258 e. The van der Waals surface area contributed by atoms with Gasteiger partial charge < -0.3 is 15.8 Å². The molecule has 16 heavy (non-hydrogen) atoms. The molecule has 0 saturated heterocycles. The standard InChI is InChI=1S/C12H18N2O2/c1-3-14-8-10-6-4-5-7-11(10)16-9(2)12(13)15/h4-7,9,14H,3,8H2,1-2H3,(H2,13,15). The van der Waals surface area contributed by atoms with E-state index in [1.165, 1.54) is 0 Å². The first-order chi connectivity index (χ1) is 7.65. The Hall–Kier alpha value is -1.55. The molecule has 0 aliphatic carbocycles. The van der Waals surface area contributed by atoms with Crippen LogP contribution in [0, 0.1) is 0 Å². The first-order valence-electron chi connectivity index (χ1n) is 5.39. The van der Waals surface area contributed by atoms with E-state index in [9.17, 15) is 4.79 Å². The van der Waals surface area contributed by atoms with Crippen LogP contribution in [-0.2, 0) is 11.3 Å². The topological polar surface area (TPSA) is 64.3 Å². The van der Waals surface area contributed by atoms with Crippen molar-refractivity contribution < 1.29 is 9.53 Å². The van der Waals surface area contributed by atoms with Gasteiger partial charge >= 0.3 is 0 Å². The molecule has 0 heterocycles. The highest BCUT2D eigenvalue weighted by Crippen LogP contribution is 2.18. The largest absolute Gasteiger partial charge is 0.481 e. The summed E-state index contributed by atoms with van der Waals surface area (Å²) in [7, 11) is 0. The van der Waals surface area contributed by atoms with E-state index in [1.54, 1.807) is 6.92 Å². The van der Waals surface area contributed by atoms with Crippen LogP contribution in [0.5, 0.6) is 5.75 Å². The van der Waals surface area contributed by atoms with Crippen molar-refractivity contribution in [3.63, 3.8) is 0 Å². The normalized spacial score (nSPS) is 12.1. The lowest BCUT2D eigenvalue weighted by Crippen LogP contribution is -2.31. The number of hydrogen-bond donors (Lipinski definition) is 2. The molecule has 1 amide bonds. The van der Waals surface area contributed by atoms with Gasteiger partial charge in [0.1, 0.15) is 5.75 Å². The summed E-state index contributed by atoms with van der Waals surface area (Å²) >= 11 is 0. The van der Waals surface area contributed by atoms with Gasteiger partial charge in [0.25, 0.3) is 5.91 Å². The van der Waals surface area contributed by atoms with Crippen LogP contribution in [0.3, 0.4) is 0 Å². The summed E-state index contributed by atoms with van der Waals surface area (Å²) < 4.78 is 5.49. The Kier molecular flexibility index (Phi) is 4.79. The zero-order valence-electron chi connectivity index (χ0n) is 9.69. The number of hydrogen-bond acceptors (Lipinski definition) is 3. The van der Waals surface area contributed by atoms with E-state index in [-0.39, 0.29) is 0 Å². The monoisotopic (exact) mass is 222 g/mol. The molecule has 0 radical (unpaired) electrons. The minimum atomic E-state index is -0.609. The number of nitrogens with two attached hydrogens (primary N) is 1. The van der Waals surface area contributed by atoms with Gasteiger partial charge in [-0.3, -0.25) is 4.79 Å². The molecule has 1 atom stereocenters. The van der Waals surface area contributed by atoms with Gasteiger partial charge in [-0.2, -0.15) is 0 Å². The summed E-state index contributed by atoms with van der Waals surface area (Å²) in [6.45, 7) is 5.29. The predicted molar refractivity (Wildman–Crippen MR) is 63.1 cm³/mol. The van der Waals surface area contributed by atoms with Crippen LogP contribution < -0.4 is 15.8 Å². The van der Waals surface area contributed by atoms with Crippen LogP contribution in [0.25, 0.3) is 0 Å². The SMILES string of the molecule is CCNCc1ccccc1OC(C)C(N)=O. The average Bonchev–Trinajstić information content (AvgIpc) is 2.27. The van der Waals surface area contributed by atoms with Crippen molar-refractivity contribution >= 4 is 5.91 Å². The van der Waals surface area contributed by atoms with Crippen molar-refractivity contribution in [1.29, 1.82) is 0 Å². The van der Waals surface area contributed by atoms with E-state index >= 15 is 0 Å². The number of primary amides is 1. The van der Waals surface area contributed by atoms with Gasteiger partial charge in [-0.25, -0.2) is 0 Å². The number of rotatable bonds is 6. The van der Waals surface area contributed by atoms with Crippen LogP contribution >= 0.6 is 0 Å². The lowest BCUT2D eigenvalue weighted by Gasteiger charge is -2.15. The van der Waals surface area contributed by atoms with Gasteiger partial charge in [-0.1, -0.05) is 25.1 Å². The van der Waals surface area contributed by atoms with Gasteiger partial charge in [-0.15, -0.1) is 0 Å². The lowest BCUT2D eigenvalue weighted by molar-refractivity contribution is -0.124. The number of amides is 1. The van der Waals surface area contributed by atoms with Gasteiger partial charge in [0.2, 0.25) is 0 Å². The summed E-state index contributed by atoms with van der Waals surface area (Å²) in [5, 5.41) is 3.21. The van der Waals surface area contributed by atoms with Crippen molar-refractivity contribution in [3.05, 3.63) is 29.8 Å². The molecule has 4 nitrogen and oxygen atoms in total. The van der Waals surface area contributed by atoms with Crippen molar-refractivity contribution in [2.75, 3.05) is 6.54 Å². The van der Waals surface area contributed by atoms with Crippen LogP contribution in [0.4, 0.5) is 0 Å². The second kappa shape index (κ2) is 6.12. The maximum atomic E-state index is 10.9. The Balaban J connectivity index is 2.74. The number of benzene rings is 1. The Bertz CT molecular complexity index is 353. The van der Waals surface area contributed by atoms with Crippen molar-refractivity contribution in [2.45, 2.75) is 26.5 Å². The molecule has 0 aliphatic rings. The highest BCUT2D eigenvalue weighted by molar-refractivity contribution is 5.78. The molecular formula is C12H18N2O2. The summed E-state index contributed by atoms with van der Waals surface area (Å²) in [6.07, 6.45) is -0.609. The minimum Gasteiger partial charge on any atom is -0.481 e. The summed E-state index contributed by atoms with van der Waals surface area (Å²) in [4.78, 5) is 10.9. The average molecular weight is 222 g/mol. The lowest BCUT2D eigenvalue weighted by atomic mass is 10.2. The van der Waals surface area contributed by atoms with E-state index < -0.39 is 12.0 Å². The highest BCUT2D eigenvalue weighted by Gasteiger charge is 2.12. The van der Waals surface area contributed by atoms with Crippen LogP contribution in [-0.4, -0.2) is 18.6 Å². The molecule has 0 aromatic heterocycles. The smallest absolute Gasteiger partial charge is 0.258 e.